The van der Waals surface area contributed by atoms with Crippen molar-refractivity contribution < 1.29 is 0 Å². The summed E-state index contributed by atoms with van der Waals surface area (Å²) in [5.74, 6) is 0. The summed E-state index contributed by atoms with van der Waals surface area (Å²) in [6.07, 6.45) is 0. The van der Waals surface area contributed by atoms with E-state index in [1.807, 2.05) is 0 Å². The van der Waals surface area contributed by atoms with Crippen molar-refractivity contribution in [2.24, 2.45) is 5.64 Å². The van der Waals surface area contributed by atoms with Gasteiger partial charge >= 0.3 is 2.56 Å². The van der Waals surface area contributed by atoms with E-state index in [-0.39, 0.29) is 2.56 Å². The molecule has 0 aromatic heterocycles. The topological polar surface area (TPSA) is 26.0 Å². The van der Waals surface area contributed by atoms with Gasteiger partial charge in [0.25, 0.3) is 0 Å². The van der Waals surface area contributed by atoms with E-state index in [1.54, 1.807) is 0 Å². The first kappa shape index (κ1) is 5.48. The minimum atomic E-state index is 0.273. The first-order chi connectivity index (χ1) is 1.73. The van der Waals surface area contributed by atoms with Gasteiger partial charge in [0.15, 0.2) is 0 Å². The largest absolute Gasteiger partial charge is 0.363 e. The van der Waals surface area contributed by atoms with Crippen LogP contribution in [-0.2, 0) is 0 Å². The van der Waals surface area contributed by atoms with Crippen LogP contribution < -0.4 is 5.64 Å². The molecule has 0 heterocycles. The Morgan fingerprint density at radius 1 is 1.50 bits per heavy atom. The van der Waals surface area contributed by atoms with Gasteiger partial charge in [-0.2, -0.15) is 0 Å². The average Bonchev–Trinajstić information content (AvgIpc) is 0.811. The van der Waals surface area contributed by atoms with Crippen molar-refractivity contribution in [2.45, 2.75) is 0 Å². The van der Waals surface area contributed by atoms with Gasteiger partial charge in [0.2, 0.25) is 0 Å². The van der Waals surface area contributed by atoms with Gasteiger partial charge in [-0.05, 0) is 0 Å². The van der Waals surface area contributed by atoms with Crippen molar-refractivity contribution >= 4 is 47.3 Å². The summed E-state index contributed by atoms with van der Waals surface area (Å²) in [4.78, 5) is 0. The van der Waals surface area contributed by atoms with Gasteiger partial charge in [0, 0.05) is 0 Å². The van der Waals surface area contributed by atoms with Gasteiger partial charge in [-0.25, -0.2) is 0 Å². The molecule has 2 N–H and O–H groups in total. The summed E-state index contributed by atoms with van der Waals surface area (Å²) in [5.41, 5.74) is 5.08. The lowest BCUT2D eigenvalue weighted by molar-refractivity contribution is 1.98. The summed E-state index contributed by atoms with van der Waals surface area (Å²) >= 11 is 4.22. The molecule has 0 saturated carbocycles. The van der Waals surface area contributed by atoms with Crippen molar-refractivity contribution in [3.05, 3.63) is 0 Å². The lowest BCUT2D eigenvalue weighted by Gasteiger charge is -1.67. The van der Waals surface area contributed by atoms with Crippen molar-refractivity contribution in [2.75, 3.05) is 0 Å². The van der Waals surface area contributed by atoms with E-state index < -0.39 is 0 Å². The fraction of sp³-hybridized carbons (Fsp3) is 0. The molecule has 0 aliphatic heterocycles. The molecule has 4 heavy (non-hydrogen) atoms. The Hall–Kier alpha value is 1.48. The summed E-state index contributed by atoms with van der Waals surface area (Å²) in [6, 6.07) is 0. The molecule has 0 radical (unpaired) electrons. The number of halogens is 2. The monoisotopic (exact) mass is 281 g/mol. The molecule has 0 saturated heterocycles. The maximum Gasteiger partial charge on any atom is 0.363 e. The Morgan fingerprint density at radius 2 is 1.50 bits per heavy atom. The van der Waals surface area contributed by atoms with E-state index in [9.17, 15) is 0 Å². The molecule has 0 unspecified atom stereocenters. The maximum atomic E-state index is 5.08. The van der Waals surface area contributed by atoms with Crippen LogP contribution >= 0.6 is 44.7 Å². The first-order valence-electron chi connectivity index (χ1n) is 0.770. The summed E-state index contributed by atoms with van der Waals surface area (Å²) in [6.45, 7) is 0. The Morgan fingerprint density at radius 3 is 1.50 bits per heavy atom. The number of hydrogen-bond acceptors (Lipinski definition) is 1. The third kappa shape index (κ3) is 9.76. The molecule has 0 bridgehead atoms. The maximum absolute atomic E-state index is 5.08. The second-order valence-corrected chi connectivity index (χ2v) is 5.40. The molecule has 0 aromatic carbocycles. The highest BCUT2D eigenvalue weighted by Gasteiger charge is 1.84. The highest BCUT2D eigenvalue weighted by Crippen LogP contribution is 1.91. The second kappa shape index (κ2) is 2.71. The molecule has 0 aliphatic rings. The summed E-state index contributed by atoms with van der Waals surface area (Å²) in [5, 5.41) is 0. The smallest absolute Gasteiger partial charge is 0.352 e. The molecule has 1 nitrogen and oxygen atoms in total. The van der Waals surface area contributed by atoms with Crippen LogP contribution in [0.1, 0.15) is 0 Å². The predicted octanol–water partition coefficient (Wildman–Crippen LogP) is 0.800. The molecular formula is H2BI2N. The summed E-state index contributed by atoms with van der Waals surface area (Å²) in [7, 11) is 0. The molecule has 0 amide bonds. The van der Waals surface area contributed by atoms with Crippen LogP contribution in [0.4, 0.5) is 0 Å². The first-order valence-corrected chi connectivity index (χ1v) is 3.26. The van der Waals surface area contributed by atoms with Crippen LogP contribution in [0.2, 0.25) is 0 Å². The van der Waals surface area contributed by atoms with Crippen LogP contribution in [0, 0.1) is 0 Å². The molecule has 0 atom stereocenters. The molecule has 0 rings (SSSR count). The van der Waals surface area contributed by atoms with Crippen molar-refractivity contribution in [3.8, 4) is 0 Å². The van der Waals surface area contributed by atoms with Crippen molar-refractivity contribution in [1.82, 2.24) is 0 Å². The average molecular weight is 281 g/mol. The lowest BCUT2D eigenvalue weighted by atomic mass is 10.5. The van der Waals surface area contributed by atoms with Crippen LogP contribution in [0.25, 0.3) is 0 Å². The molecule has 24 valence electrons. The number of rotatable bonds is 0. The van der Waals surface area contributed by atoms with Crippen molar-refractivity contribution in [1.29, 1.82) is 0 Å². The third-order valence-corrected chi connectivity index (χ3v) is 0. The van der Waals surface area contributed by atoms with Gasteiger partial charge in [-0.3, -0.25) is 0 Å². The molecular weight excluding hydrogens is 279 g/mol. The zero-order valence-corrected chi connectivity index (χ0v) is 6.23. The minimum Gasteiger partial charge on any atom is -0.352 e. The molecule has 4 heteroatoms. The molecule has 0 aromatic rings. The Labute approximate surface area is 52.6 Å². The zero-order valence-electron chi connectivity index (χ0n) is 1.91. The molecule has 0 fully saturated rings. The van der Waals surface area contributed by atoms with Gasteiger partial charge in [-0.15, -0.1) is 44.7 Å². The SMILES string of the molecule is NB(I)I. The Kier molecular flexibility index (Phi) is 3.71. The van der Waals surface area contributed by atoms with E-state index >= 15 is 0 Å². The minimum absolute atomic E-state index is 0.273. The highest BCUT2D eigenvalue weighted by molar-refractivity contribution is 14.3. The van der Waals surface area contributed by atoms with Gasteiger partial charge in [0.05, 0.1) is 0 Å². The van der Waals surface area contributed by atoms with Crippen LogP contribution in [0.3, 0.4) is 0 Å². The Bertz CT molecular complexity index is 10.8. The highest BCUT2D eigenvalue weighted by atomic mass is 127. The van der Waals surface area contributed by atoms with Crippen LogP contribution in [-0.4, -0.2) is 2.56 Å². The second-order valence-electron chi connectivity index (χ2n) is 0.334. The molecule has 0 aliphatic carbocycles. The van der Waals surface area contributed by atoms with Gasteiger partial charge in [-0.1, -0.05) is 0 Å². The van der Waals surface area contributed by atoms with Gasteiger partial charge in [0.1, 0.15) is 0 Å². The molecule has 0 spiro atoms. The zero-order chi connectivity index (χ0) is 3.58. The standard InChI is InChI=1S/BH2I2N/c2-1(3)4/h4H2. The number of nitrogens with two attached hydrogens (primary N) is 1. The number of hydrogen-bond donors (Lipinski definition) is 1. The van der Waals surface area contributed by atoms with Crippen LogP contribution in [0.15, 0.2) is 0 Å². The normalized spacial score (nSPS) is 6.75. The van der Waals surface area contributed by atoms with E-state index in [0.29, 0.717) is 0 Å². The quantitative estimate of drug-likeness (QED) is 0.516. The van der Waals surface area contributed by atoms with Gasteiger partial charge < -0.3 is 5.64 Å². The fourth-order valence-corrected chi connectivity index (χ4v) is 0. The van der Waals surface area contributed by atoms with E-state index in [2.05, 4.69) is 44.7 Å². The fourth-order valence-electron chi connectivity index (χ4n) is 0. The van der Waals surface area contributed by atoms with E-state index in [4.69, 9.17) is 5.64 Å². The van der Waals surface area contributed by atoms with E-state index in [1.165, 1.54) is 0 Å². The summed E-state index contributed by atoms with van der Waals surface area (Å²) < 4.78 is 0.273. The lowest BCUT2D eigenvalue weighted by Crippen LogP contribution is -2.04. The Balaban J connectivity index is 2.32. The van der Waals surface area contributed by atoms with Crippen molar-refractivity contribution in [3.63, 3.8) is 0 Å². The van der Waals surface area contributed by atoms with Crippen LogP contribution in [0.5, 0.6) is 0 Å². The predicted molar refractivity (Wildman–Crippen MR) is 38.0 cm³/mol. The van der Waals surface area contributed by atoms with E-state index in [0.717, 1.165) is 0 Å². The third-order valence-electron chi connectivity index (χ3n) is 0.